The minimum atomic E-state index is -0.250. The van der Waals surface area contributed by atoms with Crippen LogP contribution >= 0.6 is 11.3 Å². The second kappa shape index (κ2) is 8.05. The van der Waals surface area contributed by atoms with Crippen molar-refractivity contribution in [1.29, 1.82) is 0 Å². The molecule has 2 heterocycles. The molecule has 5 aromatic rings. The Balaban J connectivity index is 1.34. The first-order chi connectivity index (χ1) is 15.5. The number of rotatable bonds is 6. The third-order valence-electron chi connectivity index (χ3n) is 5.49. The normalized spacial score (nSPS) is 11.3. The smallest absolute Gasteiger partial charge is 0.307 e. The predicted octanol–water partition coefficient (Wildman–Crippen LogP) is 4.36. The number of hydrogen-bond donors (Lipinski definition) is 2. The van der Waals surface area contributed by atoms with Crippen LogP contribution in [0.1, 0.15) is 16.3 Å². The van der Waals surface area contributed by atoms with Gasteiger partial charge in [0.2, 0.25) is 5.88 Å². The molecule has 0 bridgehead atoms. The van der Waals surface area contributed by atoms with Gasteiger partial charge in [0, 0.05) is 19.5 Å². The molecule has 32 heavy (non-hydrogen) atoms. The second-order valence-electron chi connectivity index (χ2n) is 7.54. The Morgan fingerprint density at radius 1 is 1.06 bits per heavy atom. The van der Waals surface area contributed by atoms with E-state index in [1.54, 1.807) is 7.11 Å². The van der Waals surface area contributed by atoms with E-state index in [1.165, 1.54) is 0 Å². The van der Waals surface area contributed by atoms with Crippen LogP contribution in [0.25, 0.3) is 21.8 Å². The van der Waals surface area contributed by atoms with Crippen LogP contribution in [-0.4, -0.2) is 26.8 Å². The van der Waals surface area contributed by atoms with Gasteiger partial charge < -0.3 is 19.1 Å². The number of aromatic hydroxyl groups is 1. The largest absolute Gasteiger partial charge is 0.497 e. The molecule has 8 heteroatoms. The molecule has 0 saturated heterocycles. The Hall–Kier alpha value is -3.78. The molecule has 2 aromatic heterocycles. The summed E-state index contributed by atoms with van der Waals surface area (Å²) in [6.45, 7) is 0.350. The maximum Gasteiger partial charge on any atom is 0.307 e. The third kappa shape index (κ3) is 3.80. The van der Waals surface area contributed by atoms with Crippen molar-refractivity contribution in [3.63, 3.8) is 0 Å². The van der Waals surface area contributed by atoms with Crippen LogP contribution in [0.3, 0.4) is 0 Å². The lowest BCUT2D eigenvalue weighted by atomic mass is 10.0. The van der Waals surface area contributed by atoms with E-state index in [9.17, 15) is 9.90 Å². The van der Waals surface area contributed by atoms with E-state index in [-0.39, 0.29) is 10.8 Å². The molecular weight excluding hydrogens is 426 g/mol. The van der Waals surface area contributed by atoms with Gasteiger partial charge in [0.1, 0.15) is 23.9 Å². The number of imidazole rings is 1. The van der Waals surface area contributed by atoms with Gasteiger partial charge in [-0.25, -0.2) is 4.98 Å². The zero-order valence-electron chi connectivity index (χ0n) is 17.6. The van der Waals surface area contributed by atoms with E-state index >= 15 is 0 Å². The summed E-state index contributed by atoms with van der Waals surface area (Å²) in [6.07, 6.45) is 0.501. The zero-order valence-corrected chi connectivity index (χ0v) is 18.4. The molecule has 0 radical (unpaired) electrons. The maximum absolute atomic E-state index is 11.4. The molecule has 0 aliphatic carbocycles. The van der Waals surface area contributed by atoms with Crippen LogP contribution in [-0.2, 0) is 20.1 Å². The zero-order chi connectivity index (χ0) is 22.2. The number of aromatic amines is 1. The fourth-order valence-corrected chi connectivity index (χ4v) is 4.51. The number of nitrogens with one attached hydrogen (secondary N) is 1. The molecule has 0 aliphatic rings. The Labute approximate surface area is 187 Å². The second-order valence-corrected chi connectivity index (χ2v) is 8.60. The van der Waals surface area contributed by atoms with Crippen molar-refractivity contribution in [3.05, 3.63) is 80.5 Å². The van der Waals surface area contributed by atoms with E-state index < -0.39 is 0 Å². The Morgan fingerprint density at radius 3 is 2.62 bits per heavy atom. The molecule has 3 aromatic carbocycles. The Kier molecular flexibility index (Phi) is 5.07. The van der Waals surface area contributed by atoms with Crippen LogP contribution in [0, 0.1) is 0 Å². The number of nitrogens with zero attached hydrogens (tertiary/aromatic N) is 2. The summed E-state index contributed by atoms with van der Waals surface area (Å²) < 4.78 is 13.3. The number of fused-ring (bicyclic) bond motifs is 2. The highest BCUT2D eigenvalue weighted by molar-refractivity contribution is 7.09. The van der Waals surface area contributed by atoms with Crippen molar-refractivity contribution in [3.8, 4) is 17.4 Å². The molecule has 0 amide bonds. The highest BCUT2D eigenvalue weighted by Gasteiger charge is 2.11. The van der Waals surface area contributed by atoms with E-state index in [2.05, 4.69) is 16.0 Å². The molecule has 0 spiro atoms. The first kappa shape index (κ1) is 20.1. The lowest BCUT2D eigenvalue weighted by Gasteiger charge is -2.09. The topological polar surface area (TPSA) is 89.4 Å². The summed E-state index contributed by atoms with van der Waals surface area (Å²) in [6, 6.07) is 17.8. The van der Waals surface area contributed by atoms with Gasteiger partial charge in [-0.3, -0.25) is 9.78 Å². The van der Waals surface area contributed by atoms with Gasteiger partial charge in [0.15, 0.2) is 0 Å². The highest BCUT2D eigenvalue weighted by atomic mass is 32.1. The number of aromatic nitrogens is 3. The lowest BCUT2D eigenvalue weighted by Crippen LogP contribution is -2.03. The van der Waals surface area contributed by atoms with E-state index in [0.29, 0.717) is 17.9 Å². The molecule has 0 aliphatic heterocycles. The highest BCUT2D eigenvalue weighted by Crippen LogP contribution is 2.27. The average molecular weight is 448 g/mol. The Morgan fingerprint density at radius 2 is 1.84 bits per heavy atom. The maximum atomic E-state index is 11.4. The average Bonchev–Trinajstić information content (AvgIpc) is 3.29. The van der Waals surface area contributed by atoms with E-state index in [4.69, 9.17) is 9.47 Å². The monoisotopic (exact) mass is 447 g/mol. The summed E-state index contributed by atoms with van der Waals surface area (Å²) in [5, 5.41) is 11.9. The summed E-state index contributed by atoms with van der Waals surface area (Å²) in [5.41, 5.74) is 2.91. The Bertz CT molecular complexity index is 1500. The van der Waals surface area contributed by atoms with Gasteiger partial charge in [0.05, 0.1) is 23.0 Å². The number of methoxy groups -OCH3 is 1. The first-order valence-corrected chi connectivity index (χ1v) is 10.9. The third-order valence-corrected chi connectivity index (χ3v) is 6.36. The molecule has 0 fully saturated rings. The molecule has 0 atom stereocenters. The quantitative estimate of drug-likeness (QED) is 0.404. The van der Waals surface area contributed by atoms with Crippen molar-refractivity contribution in [2.45, 2.75) is 13.0 Å². The number of aryl methyl sites for hydroxylation is 1. The SMILES string of the molecule is COc1ccc2nc(COc3ccc4cc(Cc5sc(=O)[nH]c5O)ccc4c3)n(C)c2c1. The molecular formula is C24H21N3O4S. The minimum absolute atomic E-state index is 0.0516. The van der Waals surface area contributed by atoms with E-state index in [1.807, 2.05) is 60.1 Å². The van der Waals surface area contributed by atoms with Gasteiger partial charge in [-0.2, -0.15) is 0 Å². The fourth-order valence-electron chi connectivity index (χ4n) is 3.75. The van der Waals surface area contributed by atoms with Gasteiger partial charge in [-0.15, -0.1) is 0 Å². The predicted molar refractivity (Wildman–Crippen MR) is 125 cm³/mol. The van der Waals surface area contributed by atoms with Crippen LogP contribution in [0.2, 0.25) is 0 Å². The molecule has 0 unspecified atom stereocenters. The molecule has 5 rings (SSSR count). The van der Waals surface area contributed by atoms with Gasteiger partial charge in [-0.1, -0.05) is 35.6 Å². The van der Waals surface area contributed by atoms with Gasteiger partial charge in [-0.05, 0) is 40.6 Å². The van der Waals surface area contributed by atoms with Crippen molar-refractivity contribution >= 4 is 33.1 Å². The molecule has 2 N–H and O–H groups in total. The number of ether oxygens (including phenoxy) is 2. The van der Waals surface area contributed by atoms with Gasteiger partial charge >= 0.3 is 4.87 Å². The summed E-state index contributed by atoms with van der Waals surface area (Å²) >= 11 is 1.03. The van der Waals surface area contributed by atoms with Crippen LogP contribution < -0.4 is 14.3 Å². The van der Waals surface area contributed by atoms with Crippen LogP contribution in [0.15, 0.2) is 59.4 Å². The summed E-state index contributed by atoms with van der Waals surface area (Å²) in [4.78, 5) is 18.8. The molecule has 162 valence electrons. The van der Waals surface area contributed by atoms with Crippen molar-refractivity contribution in [2.75, 3.05) is 7.11 Å². The van der Waals surface area contributed by atoms with Crippen LogP contribution in [0.4, 0.5) is 0 Å². The first-order valence-electron chi connectivity index (χ1n) is 10.1. The number of hydrogen-bond acceptors (Lipinski definition) is 6. The van der Waals surface area contributed by atoms with Gasteiger partial charge in [0.25, 0.3) is 0 Å². The minimum Gasteiger partial charge on any atom is -0.497 e. The lowest BCUT2D eigenvalue weighted by molar-refractivity contribution is 0.293. The van der Waals surface area contributed by atoms with Crippen LogP contribution in [0.5, 0.6) is 17.4 Å². The van der Waals surface area contributed by atoms with E-state index in [0.717, 1.165) is 56.0 Å². The number of benzene rings is 3. The number of thiazole rings is 1. The number of H-pyrrole nitrogens is 1. The summed E-state index contributed by atoms with van der Waals surface area (Å²) in [7, 11) is 3.62. The van der Waals surface area contributed by atoms with Crippen molar-refractivity contribution < 1.29 is 14.6 Å². The van der Waals surface area contributed by atoms with Crippen molar-refractivity contribution in [2.24, 2.45) is 7.05 Å². The molecule has 0 saturated carbocycles. The summed E-state index contributed by atoms with van der Waals surface area (Å²) in [5.74, 6) is 2.33. The fraction of sp³-hybridized carbons (Fsp3) is 0.167. The van der Waals surface area contributed by atoms with Crippen molar-refractivity contribution in [1.82, 2.24) is 14.5 Å². The standard InChI is InChI=1S/C24H21N3O4S/c1-27-20-12-17(30-2)7-8-19(20)25-22(27)13-31-18-6-5-15-9-14(3-4-16(15)11-18)10-21-23(28)26-24(29)32-21/h3-9,11-12,28H,10,13H2,1-2H3,(H,26,29). The molecule has 7 nitrogen and oxygen atoms in total.